The van der Waals surface area contributed by atoms with Crippen molar-refractivity contribution in [2.24, 2.45) is 41.4 Å². The Hall–Kier alpha value is -6.44. The van der Waals surface area contributed by atoms with Crippen LogP contribution in [0.3, 0.4) is 0 Å². The molecule has 140 heavy (non-hydrogen) atoms. The summed E-state index contributed by atoms with van der Waals surface area (Å²) < 4.78 is 14.1. The van der Waals surface area contributed by atoms with Crippen LogP contribution in [0.5, 0.6) is 0 Å². The Kier molecular flexibility index (Phi) is 36.7. The van der Waals surface area contributed by atoms with Crippen molar-refractivity contribution in [3.63, 3.8) is 0 Å². The highest BCUT2D eigenvalue weighted by Crippen LogP contribution is 2.51. The largest absolute Gasteiger partial charge is 0.393 e. The monoisotopic (exact) mass is 2150 g/mol. The molecule has 9 unspecified atom stereocenters. The number of aromatic nitrogens is 14. The zero-order valence-corrected chi connectivity index (χ0v) is 87.4. The molecule has 33 heteroatoms. The number of hydrogen-bond donors (Lipinski definition) is 9. The van der Waals surface area contributed by atoms with Crippen molar-refractivity contribution in [1.29, 1.82) is 0 Å². The molecule has 0 saturated heterocycles. The SMILES string of the molecule is OC(CC1CCCCC1)c1c(Cl)c(Cl)cc2cncn12.OC(CC1CCCCC1)c1cc(Br)c(Cl)c2cncn12.OC(CC1CCCCC1)c1cc(Cl)c(Cl)c2cncn12.OC(c1c(Cl)c(Cl)cc2cncn12)C1CCCCC1.OC(c1cc(Cl)c(Cl)c2cncn12)C1CCCCC1.OC1CCC(C(O)c2c(C3CC3)ccc3cncn23)CC1.OC1CCCCC1C(O)c1c(C2CC2)ccc2cncn12. The van der Waals surface area contributed by atoms with Crippen LogP contribution in [0.1, 0.15) is 362 Å². The Morgan fingerprint density at radius 1 is 0.286 bits per heavy atom. The van der Waals surface area contributed by atoms with Crippen molar-refractivity contribution in [3.8, 4) is 0 Å². The van der Waals surface area contributed by atoms with Crippen molar-refractivity contribution in [2.75, 3.05) is 0 Å². The lowest BCUT2D eigenvalue weighted by Gasteiger charge is -2.32. The fourth-order valence-electron chi connectivity index (χ4n) is 23.0. The van der Waals surface area contributed by atoms with Crippen LogP contribution in [0.4, 0.5) is 0 Å². The van der Waals surface area contributed by atoms with E-state index in [1.165, 1.54) is 172 Å². The topological polar surface area (TPSA) is 303 Å². The van der Waals surface area contributed by atoms with Crippen LogP contribution in [0.25, 0.3) is 38.6 Å². The van der Waals surface area contributed by atoms with Gasteiger partial charge in [-0.3, -0.25) is 22.0 Å². The van der Waals surface area contributed by atoms with Gasteiger partial charge in [-0.1, -0.05) is 264 Å². The third-order valence-corrected chi connectivity index (χ3v) is 35.5. The summed E-state index contributed by atoms with van der Waals surface area (Å²) in [6.45, 7) is 0. The van der Waals surface area contributed by atoms with E-state index in [0.29, 0.717) is 92.1 Å². The average Bonchev–Trinajstić information content (AvgIpc) is 1.61. The lowest BCUT2D eigenvalue weighted by atomic mass is 9.80. The lowest BCUT2D eigenvalue weighted by molar-refractivity contribution is -0.0161. The fourth-order valence-corrected chi connectivity index (χ4v) is 25.4. The number of aliphatic hydroxyl groups is 9. The number of hydrogen-bond acceptors (Lipinski definition) is 16. The van der Waals surface area contributed by atoms with Crippen LogP contribution >= 0.6 is 120 Å². The minimum Gasteiger partial charge on any atom is -0.393 e. The first-order valence-electron chi connectivity index (χ1n) is 50.9. The first kappa shape index (κ1) is 105. The Balaban J connectivity index is 0.000000113. The summed E-state index contributed by atoms with van der Waals surface area (Å²) in [5.41, 5.74) is 14.4. The van der Waals surface area contributed by atoms with Crippen LogP contribution in [-0.4, -0.2) is 124 Å². The van der Waals surface area contributed by atoms with Crippen LogP contribution in [0, 0.1) is 41.4 Å². The van der Waals surface area contributed by atoms with E-state index in [-0.39, 0.29) is 30.0 Å². The molecule has 9 N–H and O–H groups in total. The molecule has 0 aliphatic heterocycles. The van der Waals surface area contributed by atoms with Gasteiger partial charge in [-0.25, -0.2) is 34.9 Å². The predicted octanol–water partition coefficient (Wildman–Crippen LogP) is 28.1. The van der Waals surface area contributed by atoms with Crippen LogP contribution < -0.4 is 0 Å². The Bertz CT molecular complexity index is 6330. The van der Waals surface area contributed by atoms with E-state index in [1.807, 2.05) is 51.2 Å². The molecule has 14 heterocycles. The molecule has 9 fully saturated rings. The second-order valence-electron chi connectivity index (χ2n) is 40.6. The van der Waals surface area contributed by atoms with E-state index in [9.17, 15) is 46.0 Å². The number of pyridine rings is 7. The van der Waals surface area contributed by atoms with Gasteiger partial charge < -0.3 is 54.8 Å². The van der Waals surface area contributed by atoms with Crippen molar-refractivity contribution in [2.45, 2.75) is 324 Å². The normalized spacial score (nSPS) is 21.4. The van der Waals surface area contributed by atoms with Crippen molar-refractivity contribution in [1.82, 2.24) is 65.7 Å². The Labute approximate surface area is 871 Å². The molecule has 0 radical (unpaired) electrons. The van der Waals surface area contributed by atoms with E-state index in [0.717, 1.165) is 168 Å². The molecule has 14 aromatic heterocycles. The fraction of sp³-hybridized carbons (Fsp3) is 0.542. The average molecular weight is 2160 g/mol. The predicted molar refractivity (Wildman–Crippen MR) is 560 cm³/mol. The van der Waals surface area contributed by atoms with Crippen LogP contribution in [-0.2, 0) is 0 Å². The van der Waals surface area contributed by atoms with E-state index >= 15 is 0 Å². The molecule has 23 nitrogen and oxygen atoms in total. The summed E-state index contributed by atoms with van der Waals surface area (Å²) >= 11 is 59.2. The highest BCUT2D eigenvalue weighted by atomic mass is 79.9. The molecule has 0 amide bonds. The summed E-state index contributed by atoms with van der Waals surface area (Å²) in [5.74, 6) is 3.75. The molecular formula is C107H130BrCl9N14O9. The number of aliphatic hydroxyl groups excluding tert-OH is 9. The van der Waals surface area contributed by atoms with Gasteiger partial charge in [0.15, 0.2) is 0 Å². The van der Waals surface area contributed by atoms with Gasteiger partial charge in [0.1, 0.15) is 0 Å². The maximum atomic E-state index is 11.0. The summed E-state index contributed by atoms with van der Waals surface area (Å²) in [7, 11) is 0. The Morgan fingerprint density at radius 3 is 1.06 bits per heavy atom. The van der Waals surface area contributed by atoms with Gasteiger partial charge in [0.2, 0.25) is 0 Å². The second-order valence-corrected chi connectivity index (χ2v) is 45.0. The summed E-state index contributed by atoms with van der Waals surface area (Å²) in [5, 5.41) is 99.3. The van der Waals surface area contributed by atoms with Gasteiger partial charge in [0.05, 0.1) is 266 Å². The van der Waals surface area contributed by atoms with Crippen molar-refractivity contribution in [3.05, 3.63) is 243 Å². The quantitative estimate of drug-likeness (QED) is 0.0363. The standard InChI is InChI=1S/2C17H22N2O2.C15H18BrClN2O.2C15H18Cl2N2O.2C14H16Cl2N2O/c20-14-6-3-12(4-7-14)17(21)16-15(11-1-2-11)8-5-13-9-18-10-19(13)16;20-15-4-2-1-3-14(15)17(21)16-13(11-5-6-11)8-7-12-9-18-10-19(12)16;2*16-11-7-12(19-9-18-8-13(19)15(11)17)14(20)6-10-4-2-1-3-5-10;16-12-7-11-8-18-9-19(11)15(14(12)17)13(20)6-10-4-2-1-3-5-10;15-10-6-11(14(19)9-4-2-1-3-5-9)18-8-17-7-12(18)13(10)16;15-11-6-10-7-17-8-18(10)13(12(11)16)14(19)9-4-2-1-3-5-9/h5,8-12,14,17,20-21H,1-4,6-7H2;7-11,14-15,17,20-21H,1-6H2;2*7-10,14,20H,1-6H2;7-10,13,20H,1-6H2;2*6-9,14,19H,1-5H2. The van der Waals surface area contributed by atoms with Gasteiger partial charge in [0.25, 0.3) is 0 Å². The number of fused-ring (bicyclic) bond motifs is 7. The van der Waals surface area contributed by atoms with Crippen LogP contribution in [0.2, 0.25) is 45.2 Å². The van der Waals surface area contributed by atoms with E-state index < -0.39 is 42.7 Å². The molecule has 9 aliphatic carbocycles. The molecule has 9 aliphatic rings. The molecule has 9 atom stereocenters. The lowest BCUT2D eigenvalue weighted by Crippen LogP contribution is -2.31. The zero-order chi connectivity index (χ0) is 97.9. The molecule has 14 aromatic rings. The molecular weight excluding hydrogens is 2020 g/mol. The third kappa shape index (κ3) is 24.8. The molecule has 0 spiro atoms. The molecule has 0 aromatic carbocycles. The smallest absolute Gasteiger partial charge is 0.0999 e. The van der Waals surface area contributed by atoms with Gasteiger partial charge in [0, 0.05) is 10.4 Å². The summed E-state index contributed by atoms with van der Waals surface area (Å²) in [6, 6.07) is 17.5. The number of imidazole rings is 7. The summed E-state index contributed by atoms with van der Waals surface area (Å²) in [6.07, 6.45) is 64.8. The first-order chi connectivity index (χ1) is 67.8. The first-order valence-corrected chi connectivity index (χ1v) is 55.1. The van der Waals surface area contributed by atoms with Gasteiger partial charge in [-0.2, -0.15) is 0 Å². The minimum absolute atomic E-state index is 0.0516. The van der Waals surface area contributed by atoms with Crippen molar-refractivity contribution < 1.29 is 46.0 Å². The van der Waals surface area contributed by atoms with E-state index in [2.05, 4.69) is 79.5 Å². The zero-order valence-electron chi connectivity index (χ0n) is 79.0. The van der Waals surface area contributed by atoms with E-state index in [1.54, 1.807) is 93.2 Å². The van der Waals surface area contributed by atoms with E-state index in [4.69, 9.17) is 104 Å². The maximum absolute atomic E-state index is 11.0. The number of nitrogens with zero attached hydrogens (tertiary/aromatic N) is 14. The molecule has 752 valence electrons. The molecule has 9 saturated carbocycles. The highest BCUT2D eigenvalue weighted by molar-refractivity contribution is 9.10. The second kappa shape index (κ2) is 48.9. The van der Waals surface area contributed by atoms with Gasteiger partial charge in [-0.15, -0.1) is 0 Å². The Morgan fingerprint density at radius 2 is 0.614 bits per heavy atom. The number of halogens is 10. The van der Waals surface area contributed by atoms with Crippen molar-refractivity contribution >= 4 is 159 Å². The minimum atomic E-state index is -0.603. The third-order valence-electron chi connectivity index (χ3n) is 31.0. The van der Waals surface area contributed by atoms with Gasteiger partial charge >= 0.3 is 0 Å². The maximum Gasteiger partial charge on any atom is 0.0999 e. The number of rotatable bonds is 19. The van der Waals surface area contributed by atoms with Gasteiger partial charge in [-0.05, 0) is 226 Å². The highest BCUT2D eigenvalue weighted by Gasteiger charge is 2.39. The molecule has 0 bridgehead atoms. The van der Waals surface area contributed by atoms with Crippen LogP contribution in [0.15, 0.2) is 147 Å². The molecule has 23 rings (SSSR count). The summed E-state index contributed by atoms with van der Waals surface area (Å²) in [4.78, 5) is 29.0.